The second-order valence-electron chi connectivity index (χ2n) is 13.0. The molecule has 0 amide bonds. The molecule has 0 spiro atoms. The van der Waals surface area contributed by atoms with E-state index in [1.54, 1.807) is 0 Å². The highest BCUT2D eigenvalue weighted by molar-refractivity contribution is 5.10. The van der Waals surface area contributed by atoms with Crippen LogP contribution in [0.25, 0.3) is 0 Å². The summed E-state index contributed by atoms with van der Waals surface area (Å²) < 4.78 is 0. The Kier molecular flexibility index (Phi) is 6.22. The highest BCUT2D eigenvalue weighted by atomic mass is 16.3. The lowest BCUT2D eigenvalue weighted by atomic mass is 9.44. The monoisotopic (exact) mass is 402 g/mol. The van der Waals surface area contributed by atoms with Gasteiger partial charge < -0.3 is 5.11 Å². The molecule has 0 radical (unpaired) electrons. The van der Waals surface area contributed by atoms with E-state index < -0.39 is 0 Å². The first kappa shape index (κ1) is 22.2. The Morgan fingerprint density at radius 3 is 2.17 bits per heavy atom. The Bertz CT molecular complexity index is 569. The molecule has 2 unspecified atom stereocenters. The van der Waals surface area contributed by atoms with Crippen molar-refractivity contribution in [1.82, 2.24) is 0 Å². The van der Waals surface area contributed by atoms with Crippen LogP contribution in [0.2, 0.25) is 0 Å². The van der Waals surface area contributed by atoms with Gasteiger partial charge in [0.2, 0.25) is 0 Å². The summed E-state index contributed by atoms with van der Waals surface area (Å²) in [6, 6.07) is 0. The largest absolute Gasteiger partial charge is 0.393 e. The Hall–Kier alpha value is -0.0400. The minimum atomic E-state index is -0.0118. The topological polar surface area (TPSA) is 20.2 Å². The maximum absolute atomic E-state index is 10.8. The molecule has 0 aliphatic heterocycles. The van der Waals surface area contributed by atoms with Crippen molar-refractivity contribution in [2.75, 3.05) is 0 Å². The highest BCUT2D eigenvalue weighted by Gasteiger charge is 2.61. The summed E-state index contributed by atoms with van der Waals surface area (Å²) in [5, 5.41) is 10.8. The van der Waals surface area contributed by atoms with E-state index in [1.165, 1.54) is 64.2 Å². The second-order valence-corrected chi connectivity index (χ2v) is 13.0. The predicted molar refractivity (Wildman–Crippen MR) is 124 cm³/mol. The first-order valence-electron chi connectivity index (χ1n) is 13.4. The van der Waals surface area contributed by atoms with E-state index in [-0.39, 0.29) is 6.10 Å². The zero-order valence-corrected chi connectivity index (χ0v) is 20.4. The summed E-state index contributed by atoms with van der Waals surface area (Å²) in [6.07, 6.45) is 15.2. The van der Waals surface area contributed by atoms with Crippen molar-refractivity contribution < 1.29 is 5.11 Å². The molecule has 0 saturated heterocycles. The molecule has 4 saturated carbocycles. The summed E-state index contributed by atoms with van der Waals surface area (Å²) in [7, 11) is 0. The number of hydrogen-bond acceptors (Lipinski definition) is 1. The quantitative estimate of drug-likeness (QED) is 0.499. The van der Waals surface area contributed by atoms with Crippen molar-refractivity contribution in [3.63, 3.8) is 0 Å². The molecule has 1 nitrogen and oxygen atoms in total. The zero-order chi connectivity index (χ0) is 21.0. The van der Waals surface area contributed by atoms with Gasteiger partial charge in [-0.05, 0) is 110 Å². The third-order valence-electron chi connectivity index (χ3n) is 11.6. The van der Waals surface area contributed by atoms with Crippen LogP contribution in [0.3, 0.4) is 0 Å². The lowest BCUT2D eigenvalue weighted by Gasteiger charge is -2.61. The van der Waals surface area contributed by atoms with Crippen molar-refractivity contribution in [2.24, 2.45) is 58.2 Å². The van der Waals surface area contributed by atoms with Gasteiger partial charge in [-0.2, -0.15) is 0 Å². The van der Waals surface area contributed by atoms with Crippen molar-refractivity contribution in [1.29, 1.82) is 0 Å². The lowest BCUT2D eigenvalue weighted by Crippen LogP contribution is -2.55. The summed E-state index contributed by atoms with van der Waals surface area (Å²) >= 11 is 0. The number of rotatable bonds is 5. The van der Waals surface area contributed by atoms with Crippen molar-refractivity contribution in [3.05, 3.63) is 0 Å². The first-order chi connectivity index (χ1) is 13.7. The van der Waals surface area contributed by atoms with Gasteiger partial charge in [0.1, 0.15) is 0 Å². The molecular weight excluding hydrogens is 352 g/mol. The van der Waals surface area contributed by atoms with Gasteiger partial charge in [-0.25, -0.2) is 0 Å². The Labute approximate surface area is 181 Å². The number of fused-ring (bicyclic) bond motifs is 5. The van der Waals surface area contributed by atoms with Gasteiger partial charge in [0, 0.05) is 0 Å². The number of aliphatic hydroxyl groups excluding tert-OH is 1. The van der Waals surface area contributed by atoms with E-state index in [4.69, 9.17) is 0 Å². The number of aliphatic hydroxyl groups is 1. The Morgan fingerprint density at radius 1 is 0.759 bits per heavy atom. The molecule has 4 aliphatic carbocycles. The van der Waals surface area contributed by atoms with E-state index in [1.807, 2.05) is 0 Å². The molecule has 0 aromatic rings. The molecule has 0 heterocycles. The smallest absolute Gasteiger partial charge is 0.0573 e. The molecule has 4 aliphatic rings. The van der Waals surface area contributed by atoms with Crippen LogP contribution in [0.1, 0.15) is 112 Å². The highest BCUT2D eigenvalue weighted by Crippen LogP contribution is 2.68. The van der Waals surface area contributed by atoms with Crippen LogP contribution in [0, 0.1) is 58.2 Å². The average Bonchev–Trinajstić information content (AvgIpc) is 3.03. The van der Waals surface area contributed by atoms with E-state index in [0.717, 1.165) is 47.8 Å². The van der Waals surface area contributed by atoms with Crippen LogP contribution in [0.15, 0.2) is 0 Å². The third-order valence-corrected chi connectivity index (χ3v) is 11.6. The van der Waals surface area contributed by atoms with Crippen molar-refractivity contribution >= 4 is 0 Å². The Morgan fingerprint density at radius 2 is 1.45 bits per heavy atom. The van der Waals surface area contributed by atoms with Crippen LogP contribution < -0.4 is 0 Å². The summed E-state index contributed by atoms with van der Waals surface area (Å²) in [4.78, 5) is 0. The van der Waals surface area contributed by atoms with Gasteiger partial charge in [-0.3, -0.25) is 0 Å². The summed E-state index contributed by atoms with van der Waals surface area (Å²) in [5.74, 6) is 6.94. The van der Waals surface area contributed by atoms with Gasteiger partial charge in [0.05, 0.1) is 6.10 Å². The fourth-order valence-corrected chi connectivity index (χ4v) is 9.42. The molecule has 0 aromatic heterocycles. The maximum atomic E-state index is 10.8. The maximum Gasteiger partial charge on any atom is 0.0573 e. The minimum absolute atomic E-state index is 0.0118. The number of hydrogen-bond donors (Lipinski definition) is 1. The molecule has 1 heteroatoms. The molecule has 29 heavy (non-hydrogen) atoms. The normalized spacial score (nSPS) is 49.2. The van der Waals surface area contributed by atoms with Gasteiger partial charge in [-0.1, -0.05) is 60.8 Å². The molecule has 10 atom stereocenters. The summed E-state index contributed by atoms with van der Waals surface area (Å²) in [5.41, 5.74) is 1.02. The van der Waals surface area contributed by atoms with Crippen molar-refractivity contribution in [2.45, 2.75) is 118 Å². The van der Waals surface area contributed by atoms with Gasteiger partial charge in [0.25, 0.3) is 0 Å². The van der Waals surface area contributed by atoms with Gasteiger partial charge in [0.15, 0.2) is 0 Å². The van der Waals surface area contributed by atoms with Crippen LogP contribution >= 0.6 is 0 Å². The fraction of sp³-hybridized carbons (Fsp3) is 1.00. The second kappa shape index (κ2) is 8.14. The van der Waals surface area contributed by atoms with Crippen LogP contribution in [-0.2, 0) is 0 Å². The molecular formula is C28H50O. The van der Waals surface area contributed by atoms with Gasteiger partial charge in [-0.15, -0.1) is 0 Å². The van der Waals surface area contributed by atoms with E-state index in [9.17, 15) is 5.11 Å². The van der Waals surface area contributed by atoms with Crippen LogP contribution in [-0.4, -0.2) is 11.2 Å². The molecule has 0 aromatic carbocycles. The minimum Gasteiger partial charge on any atom is -0.393 e. The van der Waals surface area contributed by atoms with E-state index in [0.29, 0.717) is 16.7 Å². The molecule has 4 rings (SSSR count). The van der Waals surface area contributed by atoms with Crippen LogP contribution in [0.5, 0.6) is 0 Å². The van der Waals surface area contributed by atoms with Crippen LogP contribution in [0.4, 0.5) is 0 Å². The van der Waals surface area contributed by atoms with E-state index >= 15 is 0 Å². The molecule has 4 fully saturated rings. The zero-order valence-electron chi connectivity index (χ0n) is 20.4. The molecule has 0 bridgehead atoms. The standard InChI is InChI=1S/C28H50O/c1-18(2)19(3)9-10-20(4)22-13-14-23-21-11-12-25-26(29)8-7-16-27(25,5)24(21)15-17-28(22,23)6/h18-26,29H,7-17H2,1-6H3/t19-,20+,21-,22+,23-,24-,25?,26?,27+,28+/m0/s1. The SMILES string of the molecule is CC(C)[C@@H](C)CC[C@@H](C)[C@H]1CC[C@H]2[C@@H]3CCC4C(O)CCC[C@]4(C)[C@H]3CC[C@]12C. The fourth-order valence-electron chi connectivity index (χ4n) is 9.42. The third kappa shape index (κ3) is 3.64. The average molecular weight is 403 g/mol. The van der Waals surface area contributed by atoms with E-state index in [2.05, 4.69) is 41.5 Å². The van der Waals surface area contributed by atoms with Crippen molar-refractivity contribution in [3.8, 4) is 0 Å². The molecule has 1 N–H and O–H groups in total. The predicted octanol–water partition coefficient (Wildman–Crippen LogP) is 7.71. The van der Waals surface area contributed by atoms with Gasteiger partial charge >= 0.3 is 0 Å². The lowest BCUT2D eigenvalue weighted by molar-refractivity contribution is -0.145. The Balaban J connectivity index is 1.47. The first-order valence-corrected chi connectivity index (χ1v) is 13.4. The molecule has 168 valence electrons. The summed E-state index contributed by atoms with van der Waals surface area (Å²) in [6.45, 7) is 15.1.